The summed E-state index contributed by atoms with van der Waals surface area (Å²) in [5.41, 5.74) is -0.150. The van der Waals surface area contributed by atoms with E-state index in [2.05, 4.69) is 10.1 Å². The summed E-state index contributed by atoms with van der Waals surface area (Å²) in [5, 5.41) is 21.2. The summed E-state index contributed by atoms with van der Waals surface area (Å²) in [4.78, 5) is 12.5. The largest absolute Gasteiger partial charge is 0.573 e. The molecule has 1 heterocycles. The third-order valence-electron chi connectivity index (χ3n) is 4.46. The zero-order chi connectivity index (χ0) is 21.2. The van der Waals surface area contributed by atoms with Gasteiger partial charge in [-0.3, -0.25) is 4.79 Å². The smallest absolute Gasteiger partial charge is 0.486 e. The lowest BCUT2D eigenvalue weighted by Gasteiger charge is -2.29. The predicted molar refractivity (Wildman–Crippen MR) is 93.9 cm³/mol. The molecule has 1 amide bonds. The molecule has 0 fully saturated rings. The molecule has 0 aromatic heterocycles. The van der Waals surface area contributed by atoms with Crippen LogP contribution in [0.1, 0.15) is 28.4 Å². The molecule has 6 nitrogen and oxygen atoms in total. The fraction of sp³-hybridized carbons (Fsp3) is 0.250. The van der Waals surface area contributed by atoms with E-state index < -0.39 is 29.7 Å². The number of fused-ring (bicyclic) bond motifs is 1. The summed E-state index contributed by atoms with van der Waals surface area (Å²) < 4.78 is 46.2. The molecule has 0 unspecified atom stereocenters. The van der Waals surface area contributed by atoms with Crippen molar-refractivity contribution < 1.29 is 27.4 Å². The van der Waals surface area contributed by atoms with Gasteiger partial charge in [-0.1, -0.05) is 0 Å². The van der Waals surface area contributed by atoms with Crippen LogP contribution in [0, 0.1) is 22.7 Å². The van der Waals surface area contributed by atoms with Gasteiger partial charge in [0.05, 0.1) is 17.7 Å². The molecule has 1 aliphatic rings. The van der Waals surface area contributed by atoms with Gasteiger partial charge in [-0.2, -0.15) is 10.5 Å². The SMILES string of the molecule is C[C@@](C#N)(NC(=O)c1ccc(OC(F)(F)F)cc1)[C@@H]1Cc2cc(C#N)ccc2O1. The molecule has 0 spiro atoms. The van der Waals surface area contributed by atoms with E-state index in [1.165, 1.54) is 6.92 Å². The molecule has 9 heteroatoms. The molecule has 0 radical (unpaired) electrons. The van der Waals surface area contributed by atoms with Crippen LogP contribution < -0.4 is 14.8 Å². The molecule has 148 valence electrons. The van der Waals surface area contributed by atoms with E-state index in [1.807, 2.05) is 12.1 Å². The van der Waals surface area contributed by atoms with Gasteiger partial charge in [0.15, 0.2) is 5.54 Å². The monoisotopic (exact) mass is 401 g/mol. The van der Waals surface area contributed by atoms with Gasteiger partial charge >= 0.3 is 6.36 Å². The molecular formula is C20H14F3N3O3. The Morgan fingerprint density at radius 2 is 1.90 bits per heavy atom. The Balaban J connectivity index is 1.73. The minimum atomic E-state index is -4.83. The van der Waals surface area contributed by atoms with Crippen LogP contribution in [0.15, 0.2) is 42.5 Å². The third kappa shape index (κ3) is 4.41. The van der Waals surface area contributed by atoms with Gasteiger partial charge in [0.2, 0.25) is 0 Å². The average Bonchev–Trinajstić information content (AvgIpc) is 3.11. The van der Waals surface area contributed by atoms with Crippen LogP contribution in [-0.4, -0.2) is 23.9 Å². The van der Waals surface area contributed by atoms with Crippen molar-refractivity contribution in [1.82, 2.24) is 5.32 Å². The summed E-state index contributed by atoms with van der Waals surface area (Å²) in [6.45, 7) is 1.49. The standard InChI is InChI=1S/C20H14F3N3O3/c1-19(11-25,17-9-14-8-12(10-24)2-7-16(14)28-17)26-18(27)13-3-5-15(6-4-13)29-20(21,22)23/h2-8,17H,9H2,1H3,(H,26,27)/t17-,19-/m0/s1. The van der Waals surface area contributed by atoms with Crippen LogP contribution in [0.25, 0.3) is 0 Å². The van der Waals surface area contributed by atoms with E-state index in [4.69, 9.17) is 10.00 Å². The lowest BCUT2D eigenvalue weighted by molar-refractivity contribution is -0.274. The van der Waals surface area contributed by atoms with Crippen molar-refractivity contribution in [2.24, 2.45) is 0 Å². The Morgan fingerprint density at radius 3 is 2.48 bits per heavy atom. The van der Waals surface area contributed by atoms with Crippen molar-refractivity contribution in [3.63, 3.8) is 0 Å². The van der Waals surface area contributed by atoms with E-state index in [0.717, 1.165) is 29.8 Å². The molecule has 0 saturated heterocycles. The van der Waals surface area contributed by atoms with Gasteiger partial charge in [0.1, 0.15) is 17.6 Å². The Labute approximate surface area is 164 Å². The Kier molecular flexibility index (Phi) is 5.08. The molecule has 1 N–H and O–H groups in total. The summed E-state index contributed by atoms with van der Waals surface area (Å²) in [6, 6.07) is 13.3. The van der Waals surface area contributed by atoms with Crippen molar-refractivity contribution in [1.29, 1.82) is 10.5 Å². The second-order valence-corrected chi connectivity index (χ2v) is 6.59. The second kappa shape index (κ2) is 7.36. The summed E-state index contributed by atoms with van der Waals surface area (Å²) in [6.07, 6.45) is -5.22. The molecule has 0 bridgehead atoms. The first-order chi connectivity index (χ1) is 13.6. The van der Waals surface area contributed by atoms with E-state index in [-0.39, 0.29) is 5.56 Å². The molecular weight excluding hydrogens is 387 g/mol. The number of nitrogens with zero attached hydrogens (tertiary/aromatic N) is 2. The number of carbonyl (C=O) groups is 1. The average molecular weight is 401 g/mol. The minimum absolute atomic E-state index is 0.0586. The highest BCUT2D eigenvalue weighted by molar-refractivity contribution is 5.95. The Hall–Kier alpha value is -3.72. The van der Waals surface area contributed by atoms with E-state index in [1.54, 1.807) is 18.2 Å². The number of nitriles is 2. The van der Waals surface area contributed by atoms with E-state index in [0.29, 0.717) is 17.7 Å². The van der Waals surface area contributed by atoms with Crippen LogP contribution in [0.5, 0.6) is 11.5 Å². The maximum Gasteiger partial charge on any atom is 0.573 e. The van der Waals surface area contributed by atoms with Crippen molar-refractivity contribution in [2.45, 2.75) is 31.3 Å². The lowest BCUT2D eigenvalue weighted by atomic mass is 9.92. The number of rotatable bonds is 4. The number of hydrogen-bond donors (Lipinski definition) is 1. The first-order valence-electron chi connectivity index (χ1n) is 8.43. The topological polar surface area (TPSA) is 95.1 Å². The maximum absolute atomic E-state index is 12.5. The fourth-order valence-electron chi connectivity index (χ4n) is 2.94. The summed E-state index contributed by atoms with van der Waals surface area (Å²) in [5.74, 6) is -0.580. The highest BCUT2D eigenvalue weighted by Gasteiger charge is 2.42. The second-order valence-electron chi connectivity index (χ2n) is 6.59. The van der Waals surface area contributed by atoms with Crippen molar-refractivity contribution in [3.8, 4) is 23.6 Å². The highest BCUT2D eigenvalue weighted by Crippen LogP contribution is 2.34. The van der Waals surface area contributed by atoms with Crippen molar-refractivity contribution in [3.05, 3.63) is 59.2 Å². The Bertz CT molecular complexity index is 1020. The molecule has 2 aromatic carbocycles. The summed E-state index contributed by atoms with van der Waals surface area (Å²) >= 11 is 0. The van der Waals surface area contributed by atoms with Gasteiger partial charge < -0.3 is 14.8 Å². The summed E-state index contributed by atoms with van der Waals surface area (Å²) in [7, 11) is 0. The van der Waals surface area contributed by atoms with Crippen molar-refractivity contribution in [2.75, 3.05) is 0 Å². The quantitative estimate of drug-likeness (QED) is 0.847. The zero-order valence-corrected chi connectivity index (χ0v) is 15.1. The molecule has 0 aliphatic carbocycles. The first-order valence-corrected chi connectivity index (χ1v) is 8.43. The lowest BCUT2D eigenvalue weighted by Crippen LogP contribution is -2.55. The number of amides is 1. The van der Waals surface area contributed by atoms with Crippen LogP contribution in [0.3, 0.4) is 0 Å². The van der Waals surface area contributed by atoms with Crippen LogP contribution in [-0.2, 0) is 6.42 Å². The van der Waals surface area contributed by atoms with Crippen LogP contribution >= 0.6 is 0 Å². The van der Waals surface area contributed by atoms with Crippen molar-refractivity contribution >= 4 is 5.91 Å². The molecule has 29 heavy (non-hydrogen) atoms. The van der Waals surface area contributed by atoms with E-state index in [9.17, 15) is 23.2 Å². The molecule has 0 saturated carbocycles. The van der Waals surface area contributed by atoms with Crippen LogP contribution in [0.4, 0.5) is 13.2 Å². The number of nitrogens with one attached hydrogen (secondary N) is 1. The number of alkyl halides is 3. The molecule has 2 atom stereocenters. The normalized spacial score (nSPS) is 17.1. The number of benzene rings is 2. The number of carbonyl (C=O) groups excluding carboxylic acids is 1. The highest BCUT2D eigenvalue weighted by atomic mass is 19.4. The predicted octanol–water partition coefficient (Wildman–Crippen LogP) is 3.47. The van der Waals surface area contributed by atoms with Gasteiger partial charge in [-0.05, 0) is 55.0 Å². The zero-order valence-electron chi connectivity index (χ0n) is 15.1. The molecule has 2 aromatic rings. The van der Waals surface area contributed by atoms with Gasteiger partial charge in [0, 0.05) is 12.0 Å². The minimum Gasteiger partial charge on any atom is -0.486 e. The number of hydrogen-bond acceptors (Lipinski definition) is 5. The van der Waals surface area contributed by atoms with Crippen LogP contribution in [0.2, 0.25) is 0 Å². The number of halogens is 3. The molecule has 3 rings (SSSR count). The Morgan fingerprint density at radius 1 is 1.21 bits per heavy atom. The maximum atomic E-state index is 12.5. The van der Waals surface area contributed by atoms with Gasteiger partial charge in [-0.25, -0.2) is 0 Å². The first kappa shape index (κ1) is 20.0. The fourth-order valence-corrected chi connectivity index (χ4v) is 2.94. The van der Waals surface area contributed by atoms with Gasteiger partial charge in [-0.15, -0.1) is 13.2 Å². The third-order valence-corrected chi connectivity index (χ3v) is 4.46. The van der Waals surface area contributed by atoms with E-state index >= 15 is 0 Å². The number of ether oxygens (including phenoxy) is 2. The molecule has 1 aliphatic heterocycles. The van der Waals surface area contributed by atoms with Gasteiger partial charge in [0.25, 0.3) is 5.91 Å².